The summed E-state index contributed by atoms with van der Waals surface area (Å²) in [6, 6.07) is 16.6. The van der Waals surface area contributed by atoms with Crippen molar-refractivity contribution in [3.63, 3.8) is 0 Å². The van der Waals surface area contributed by atoms with Gasteiger partial charge in [-0.2, -0.15) is 0 Å². The Kier molecular flexibility index (Phi) is 3.19. The van der Waals surface area contributed by atoms with Crippen molar-refractivity contribution in [2.75, 3.05) is 0 Å². The van der Waals surface area contributed by atoms with Gasteiger partial charge < -0.3 is 9.47 Å². The minimum atomic E-state index is -0.142. The molecule has 3 nitrogen and oxygen atoms in total. The summed E-state index contributed by atoms with van der Waals surface area (Å²) in [5.74, 6) is 1.90. The van der Waals surface area contributed by atoms with Crippen LogP contribution < -0.4 is 9.47 Å². The maximum Gasteiger partial charge on any atom is 0.314 e. The molecule has 1 aliphatic rings. The fourth-order valence-electron chi connectivity index (χ4n) is 1.74. The molecule has 0 aromatic heterocycles. The number of ether oxygens (including phenoxy) is 2. The Morgan fingerprint density at radius 1 is 0.895 bits per heavy atom. The third-order valence-electron chi connectivity index (χ3n) is 2.91. The second-order valence-electron chi connectivity index (χ2n) is 4.59. The Morgan fingerprint density at radius 2 is 1.58 bits per heavy atom. The van der Waals surface area contributed by atoms with Gasteiger partial charge in [0.25, 0.3) is 0 Å². The first-order chi connectivity index (χ1) is 9.31. The Balaban J connectivity index is 1.70. The first-order valence-corrected chi connectivity index (χ1v) is 6.36. The summed E-state index contributed by atoms with van der Waals surface area (Å²) in [7, 11) is 0. The number of hydrogen-bond acceptors (Lipinski definition) is 3. The van der Waals surface area contributed by atoms with Crippen LogP contribution in [0.1, 0.15) is 12.8 Å². The van der Waals surface area contributed by atoms with Crippen LogP contribution >= 0.6 is 0 Å². The second kappa shape index (κ2) is 5.14. The van der Waals surface area contributed by atoms with Crippen molar-refractivity contribution in [1.29, 1.82) is 0 Å². The third kappa shape index (κ3) is 3.13. The summed E-state index contributed by atoms with van der Waals surface area (Å²) in [6.45, 7) is 0. The van der Waals surface area contributed by atoms with E-state index in [0.29, 0.717) is 11.5 Å². The zero-order valence-electron chi connectivity index (χ0n) is 10.4. The van der Waals surface area contributed by atoms with Gasteiger partial charge in [0.05, 0.1) is 5.92 Å². The summed E-state index contributed by atoms with van der Waals surface area (Å²) in [5.41, 5.74) is 0. The Hall–Kier alpha value is -2.29. The topological polar surface area (TPSA) is 35.5 Å². The maximum absolute atomic E-state index is 11.6. The molecule has 0 bridgehead atoms. The molecule has 0 N–H and O–H groups in total. The zero-order chi connectivity index (χ0) is 13.1. The lowest BCUT2D eigenvalue weighted by molar-refractivity contribution is -0.135. The lowest BCUT2D eigenvalue weighted by Gasteiger charge is -2.07. The molecule has 0 aliphatic heterocycles. The van der Waals surface area contributed by atoms with E-state index in [2.05, 4.69) is 0 Å². The highest BCUT2D eigenvalue weighted by molar-refractivity contribution is 5.77. The summed E-state index contributed by atoms with van der Waals surface area (Å²) in [6.07, 6.45) is 1.89. The Labute approximate surface area is 111 Å². The number of carbonyl (C=O) groups is 1. The van der Waals surface area contributed by atoms with Gasteiger partial charge in [-0.25, -0.2) is 0 Å². The molecule has 1 saturated carbocycles. The molecule has 0 radical (unpaired) electrons. The van der Waals surface area contributed by atoms with E-state index < -0.39 is 0 Å². The zero-order valence-corrected chi connectivity index (χ0v) is 10.4. The van der Waals surface area contributed by atoms with Crippen LogP contribution in [0.2, 0.25) is 0 Å². The van der Waals surface area contributed by atoms with E-state index in [9.17, 15) is 4.79 Å². The van der Waals surface area contributed by atoms with E-state index in [1.807, 2.05) is 42.5 Å². The van der Waals surface area contributed by atoms with Gasteiger partial charge in [-0.05, 0) is 37.1 Å². The number of carbonyl (C=O) groups excluding carboxylic acids is 1. The summed E-state index contributed by atoms with van der Waals surface area (Å²) >= 11 is 0. The van der Waals surface area contributed by atoms with E-state index in [1.165, 1.54) is 0 Å². The molecular weight excluding hydrogens is 240 g/mol. The van der Waals surface area contributed by atoms with Crippen LogP contribution in [0.15, 0.2) is 54.6 Å². The van der Waals surface area contributed by atoms with Gasteiger partial charge in [-0.15, -0.1) is 0 Å². The average Bonchev–Trinajstić information content (AvgIpc) is 3.24. The molecule has 1 aliphatic carbocycles. The van der Waals surface area contributed by atoms with Gasteiger partial charge in [-0.1, -0.05) is 24.3 Å². The molecule has 96 valence electrons. The fourth-order valence-corrected chi connectivity index (χ4v) is 1.74. The van der Waals surface area contributed by atoms with Crippen molar-refractivity contribution < 1.29 is 14.3 Å². The molecule has 0 amide bonds. The van der Waals surface area contributed by atoms with E-state index in [1.54, 1.807) is 12.1 Å². The molecule has 0 saturated heterocycles. The van der Waals surface area contributed by atoms with Crippen LogP contribution in [0.25, 0.3) is 0 Å². The quantitative estimate of drug-likeness (QED) is 0.615. The van der Waals surface area contributed by atoms with Crippen molar-refractivity contribution >= 4 is 5.97 Å². The summed E-state index contributed by atoms with van der Waals surface area (Å²) in [5, 5.41) is 0. The van der Waals surface area contributed by atoms with Gasteiger partial charge in [0.2, 0.25) is 0 Å². The van der Waals surface area contributed by atoms with E-state index in [-0.39, 0.29) is 11.9 Å². The van der Waals surface area contributed by atoms with Crippen LogP contribution in [-0.4, -0.2) is 5.97 Å². The molecule has 0 atom stereocenters. The third-order valence-corrected chi connectivity index (χ3v) is 2.91. The van der Waals surface area contributed by atoms with Crippen LogP contribution in [0.4, 0.5) is 0 Å². The van der Waals surface area contributed by atoms with Crippen molar-refractivity contribution in [2.45, 2.75) is 12.8 Å². The largest absolute Gasteiger partial charge is 0.457 e. The van der Waals surface area contributed by atoms with E-state index in [4.69, 9.17) is 9.47 Å². The van der Waals surface area contributed by atoms with Crippen LogP contribution in [0.5, 0.6) is 17.2 Å². The van der Waals surface area contributed by atoms with Gasteiger partial charge in [0, 0.05) is 6.07 Å². The van der Waals surface area contributed by atoms with Gasteiger partial charge in [0.1, 0.15) is 17.2 Å². The molecule has 3 rings (SSSR count). The molecule has 1 fully saturated rings. The minimum absolute atomic E-state index is 0.0960. The first-order valence-electron chi connectivity index (χ1n) is 6.36. The molecule has 2 aromatic rings. The highest BCUT2D eigenvalue weighted by Crippen LogP contribution is 2.32. The van der Waals surface area contributed by atoms with Gasteiger partial charge >= 0.3 is 5.97 Å². The van der Waals surface area contributed by atoms with Gasteiger partial charge in [0.15, 0.2) is 0 Å². The summed E-state index contributed by atoms with van der Waals surface area (Å²) < 4.78 is 11.0. The molecule has 3 heteroatoms. The highest BCUT2D eigenvalue weighted by Gasteiger charge is 2.31. The molecule has 2 aromatic carbocycles. The molecule has 19 heavy (non-hydrogen) atoms. The SMILES string of the molecule is O=C(Oc1cccc(Oc2ccccc2)c1)C1CC1. The smallest absolute Gasteiger partial charge is 0.314 e. The predicted octanol–water partition coefficient (Wildman–Crippen LogP) is 3.79. The van der Waals surface area contributed by atoms with Gasteiger partial charge in [-0.3, -0.25) is 4.79 Å². The van der Waals surface area contributed by atoms with Crippen molar-refractivity contribution in [2.24, 2.45) is 5.92 Å². The van der Waals surface area contributed by atoms with E-state index >= 15 is 0 Å². The van der Waals surface area contributed by atoms with Crippen LogP contribution in [0, 0.1) is 5.92 Å². The lowest BCUT2D eigenvalue weighted by Crippen LogP contribution is -2.09. The Bertz CT molecular complexity index is 574. The summed E-state index contributed by atoms with van der Waals surface area (Å²) in [4.78, 5) is 11.6. The number of para-hydroxylation sites is 1. The van der Waals surface area contributed by atoms with Crippen molar-refractivity contribution in [3.8, 4) is 17.2 Å². The average molecular weight is 254 g/mol. The van der Waals surface area contributed by atoms with Crippen LogP contribution in [0.3, 0.4) is 0 Å². The monoisotopic (exact) mass is 254 g/mol. The second-order valence-corrected chi connectivity index (χ2v) is 4.59. The number of benzene rings is 2. The van der Waals surface area contributed by atoms with Crippen LogP contribution in [-0.2, 0) is 4.79 Å². The standard InChI is InChI=1S/C16H14O3/c17-16(12-9-10-12)19-15-8-4-7-14(11-15)18-13-5-2-1-3-6-13/h1-8,11-12H,9-10H2. The molecule has 0 unspecified atom stereocenters. The lowest BCUT2D eigenvalue weighted by atomic mass is 10.3. The number of hydrogen-bond donors (Lipinski definition) is 0. The predicted molar refractivity (Wildman–Crippen MR) is 71.3 cm³/mol. The molecule has 0 heterocycles. The highest BCUT2D eigenvalue weighted by atomic mass is 16.5. The molecule has 0 spiro atoms. The molecular formula is C16H14O3. The number of rotatable bonds is 4. The first kappa shape index (κ1) is 11.8. The maximum atomic E-state index is 11.6. The normalized spacial score (nSPS) is 13.9. The van der Waals surface area contributed by atoms with E-state index in [0.717, 1.165) is 18.6 Å². The van der Waals surface area contributed by atoms with Crippen molar-refractivity contribution in [1.82, 2.24) is 0 Å². The minimum Gasteiger partial charge on any atom is -0.457 e. The fraction of sp³-hybridized carbons (Fsp3) is 0.188. The number of esters is 1. The van der Waals surface area contributed by atoms with Crippen molar-refractivity contribution in [3.05, 3.63) is 54.6 Å². The Morgan fingerprint density at radius 3 is 2.32 bits per heavy atom.